The number of carbonyl (C=O) groups excluding carboxylic acids is 1. The number of ether oxygens (including phenoxy) is 1. The summed E-state index contributed by atoms with van der Waals surface area (Å²) in [7, 11) is 1.31. The summed E-state index contributed by atoms with van der Waals surface area (Å²) >= 11 is 0. The Balaban J connectivity index is 2.05. The predicted molar refractivity (Wildman–Crippen MR) is 93.6 cm³/mol. The second-order valence-corrected chi connectivity index (χ2v) is 6.54. The minimum atomic E-state index is -2.45. The number of nitrogens with zero attached hydrogens (tertiary/aromatic N) is 1. The molecular weight excluding hydrogens is 340 g/mol. The predicted octanol–water partition coefficient (Wildman–Crippen LogP) is 3.78. The molecule has 1 aliphatic rings. The molecule has 2 aromatic rings. The molecule has 0 radical (unpaired) electrons. The molecule has 26 heavy (non-hydrogen) atoms. The number of rotatable bonds is 4. The van der Waals surface area contributed by atoms with Crippen molar-refractivity contribution < 1.29 is 23.4 Å². The van der Waals surface area contributed by atoms with Crippen LogP contribution < -0.4 is 0 Å². The Kier molecular flexibility index (Phi) is 5.23. The van der Waals surface area contributed by atoms with Gasteiger partial charge in [0.15, 0.2) is 0 Å². The molecule has 0 aliphatic carbocycles. The van der Waals surface area contributed by atoms with E-state index in [1.807, 2.05) is 6.92 Å². The highest BCUT2D eigenvalue weighted by Crippen LogP contribution is 2.39. The summed E-state index contributed by atoms with van der Waals surface area (Å²) in [6.45, 7) is 1.57. The van der Waals surface area contributed by atoms with Gasteiger partial charge in [0.25, 0.3) is 6.43 Å². The normalized spacial score (nSPS) is 20.0. The Morgan fingerprint density at radius 3 is 2.58 bits per heavy atom. The van der Waals surface area contributed by atoms with Crippen molar-refractivity contribution >= 4 is 5.97 Å². The lowest BCUT2D eigenvalue weighted by Crippen LogP contribution is -2.44. The highest BCUT2D eigenvalue weighted by molar-refractivity contribution is 5.89. The standard InChI is InChI=1S/C20H21F2NO3/c1-12-9-15-10-16(24)7-8-17(15)19(23(12)11-18(21)22)13-3-5-14(6-4-13)20(25)26-2/h3-8,10,12,18-19,24H,9,11H2,1-2H3/t12-,19-/m1/s1. The van der Waals surface area contributed by atoms with Gasteiger partial charge >= 0.3 is 5.97 Å². The summed E-state index contributed by atoms with van der Waals surface area (Å²) in [4.78, 5) is 13.4. The third-order valence-corrected chi connectivity index (χ3v) is 4.83. The molecule has 0 aromatic heterocycles. The smallest absolute Gasteiger partial charge is 0.337 e. The Labute approximate surface area is 151 Å². The first-order chi connectivity index (χ1) is 12.4. The third kappa shape index (κ3) is 3.55. The fraction of sp³-hybridized carbons (Fsp3) is 0.350. The topological polar surface area (TPSA) is 49.8 Å². The van der Waals surface area contributed by atoms with Gasteiger partial charge < -0.3 is 9.84 Å². The Bertz CT molecular complexity index is 792. The van der Waals surface area contributed by atoms with E-state index in [4.69, 9.17) is 4.74 Å². The maximum Gasteiger partial charge on any atom is 0.337 e. The van der Waals surface area contributed by atoms with Gasteiger partial charge in [-0.05, 0) is 54.3 Å². The number of esters is 1. The van der Waals surface area contributed by atoms with E-state index in [1.165, 1.54) is 7.11 Å². The first-order valence-electron chi connectivity index (χ1n) is 8.44. The van der Waals surface area contributed by atoms with Crippen molar-refractivity contribution in [3.8, 4) is 5.75 Å². The van der Waals surface area contributed by atoms with Crippen LogP contribution in [-0.4, -0.2) is 42.1 Å². The Morgan fingerprint density at radius 1 is 1.27 bits per heavy atom. The molecule has 1 N–H and O–H groups in total. The number of phenolic OH excluding ortho intramolecular Hbond substituents is 1. The monoisotopic (exact) mass is 361 g/mol. The molecule has 4 nitrogen and oxygen atoms in total. The second kappa shape index (κ2) is 7.41. The maximum absolute atomic E-state index is 13.2. The van der Waals surface area contributed by atoms with Crippen molar-refractivity contribution in [1.82, 2.24) is 4.90 Å². The number of benzene rings is 2. The van der Waals surface area contributed by atoms with E-state index in [9.17, 15) is 18.7 Å². The first kappa shape index (κ1) is 18.3. The van der Waals surface area contributed by atoms with Gasteiger partial charge in [0.05, 0.1) is 25.3 Å². The van der Waals surface area contributed by atoms with Crippen LogP contribution in [0.25, 0.3) is 0 Å². The van der Waals surface area contributed by atoms with E-state index in [2.05, 4.69) is 0 Å². The summed E-state index contributed by atoms with van der Waals surface area (Å²) in [6.07, 6.45) is -1.86. The lowest BCUT2D eigenvalue weighted by atomic mass is 9.84. The SMILES string of the molecule is COC(=O)c1ccc([C@@H]2c3ccc(O)cc3C[C@@H](C)N2CC(F)F)cc1. The number of fused-ring (bicyclic) bond motifs is 1. The van der Waals surface area contributed by atoms with Crippen LogP contribution in [0, 0.1) is 0 Å². The van der Waals surface area contributed by atoms with Gasteiger partial charge in [-0.25, -0.2) is 13.6 Å². The quantitative estimate of drug-likeness (QED) is 0.842. The van der Waals surface area contributed by atoms with Crippen molar-refractivity contribution in [2.24, 2.45) is 0 Å². The second-order valence-electron chi connectivity index (χ2n) is 6.54. The molecular formula is C20H21F2NO3. The Hall–Kier alpha value is -2.47. The van der Waals surface area contributed by atoms with Crippen LogP contribution in [0.3, 0.4) is 0 Å². The molecule has 6 heteroatoms. The summed E-state index contributed by atoms with van der Waals surface area (Å²) in [5.74, 6) is -0.277. The molecule has 0 spiro atoms. The van der Waals surface area contributed by atoms with Crippen LogP contribution in [0.15, 0.2) is 42.5 Å². The molecule has 138 valence electrons. The number of aromatic hydroxyl groups is 1. The lowest BCUT2D eigenvalue weighted by molar-refractivity contribution is 0.0463. The van der Waals surface area contributed by atoms with Crippen LogP contribution in [0.1, 0.15) is 40.0 Å². The van der Waals surface area contributed by atoms with Gasteiger partial charge in [0, 0.05) is 6.04 Å². The number of hydrogen-bond donors (Lipinski definition) is 1. The van der Waals surface area contributed by atoms with Crippen molar-refractivity contribution in [2.75, 3.05) is 13.7 Å². The zero-order chi connectivity index (χ0) is 18.8. The van der Waals surface area contributed by atoms with Gasteiger partial charge in [0.2, 0.25) is 0 Å². The highest BCUT2D eigenvalue weighted by atomic mass is 19.3. The van der Waals surface area contributed by atoms with Crippen molar-refractivity contribution in [3.63, 3.8) is 0 Å². The minimum Gasteiger partial charge on any atom is -0.508 e. The maximum atomic E-state index is 13.2. The van der Waals surface area contributed by atoms with Crippen LogP contribution in [0.5, 0.6) is 5.75 Å². The molecule has 1 aliphatic heterocycles. The van der Waals surface area contributed by atoms with Gasteiger partial charge in [-0.2, -0.15) is 0 Å². The molecule has 3 rings (SSSR count). The van der Waals surface area contributed by atoms with Gasteiger partial charge in [-0.3, -0.25) is 4.90 Å². The largest absolute Gasteiger partial charge is 0.508 e. The summed E-state index contributed by atoms with van der Waals surface area (Å²) in [5, 5.41) is 9.78. The van der Waals surface area contributed by atoms with Crippen molar-refractivity contribution in [3.05, 3.63) is 64.7 Å². The molecule has 0 bridgehead atoms. The average molecular weight is 361 g/mol. The first-order valence-corrected chi connectivity index (χ1v) is 8.44. The average Bonchev–Trinajstić information content (AvgIpc) is 2.61. The van der Waals surface area contributed by atoms with Crippen LogP contribution in [0.4, 0.5) is 8.78 Å². The summed E-state index contributed by atoms with van der Waals surface area (Å²) < 4.78 is 31.1. The Morgan fingerprint density at radius 2 is 1.96 bits per heavy atom. The fourth-order valence-corrected chi connectivity index (χ4v) is 3.64. The molecule has 0 saturated carbocycles. The summed E-state index contributed by atoms with van der Waals surface area (Å²) in [6, 6.07) is 11.4. The zero-order valence-electron chi connectivity index (χ0n) is 14.7. The molecule has 1 heterocycles. The van der Waals surface area contributed by atoms with Crippen molar-refractivity contribution in [2.45, 2.75) is 31.9 Å². The van der Waals surface area contributed by atoms with E-state index in [-0.39, 0.29) is 24.4 Å². The lowest BCUT2D eigenvalue weighted by Gasteiger charge is -2.42. The zero-order valence-corrected chi connectivity index (χ0v) is 14.7. The molecule has 0 fully saturated rings. The van der Waals surface area contributed by atoms with Crippen LogP contribution in [-0.2, 0) is 11.2 Å². The number of phenols is 1. The molecule has 2 atom stereocenters. The minimum absolute atomic E-state index is 0.108. The van der Waals surface area contributed by atoms with E-state index in [0.29, 0.717) is 12.0 Å². The van der Waals surface area contributed by atoms with E-state index in [0.717, 1.165) is 16.7 Å². The van der Waals surface area contributed by atoms with E-state index < -0.39 is 12.4 Å². The van der Waals surface area contributed by atoms with Crippen molar-refractivity contribution in [1.29, 1.82) is 0 Å². The van der Waals surface area contributed by atoms with Gasteiger partial charge in [0.1, 0.15) is 5.75 Å². The van der Waals surface area contributed by atoms with Crippen LogP contribution >= 0.6 is 0 Å². The van der Waals surface area contributed by atoms with Crippen LogP contribution in [0.2, 0.25) is 0 Å². The summed E-state index contributed by atoms with van der Waals surface area (Å²) in [5.41, 5.74) is 3.07. The van der Waals surface area contributed by atoms with Gasteiger partial charge in [-0.1, -0.05) is 18.2 Å². The fourth-order valence-electron chi connectivity index (χ4n) is 3.64. The van der Waals surface area contributed by atoms with E-state index in [1.54, 1.807) is 47.4 Å². The number of alkyl halides is 2. The van der Waals surface area contributed by atoms with E-state index >= 15 is 0 Å². The number of carbonyl (C=O) groups is 1. The molecule has 2 aromatic carbocycles. The third-order valence-electron chi connectivity index (χ3n) is 4.83. The van der Waals surface area contributed by atoms with Gasteiger partial charge in [-0.15, -0.1) is 0 Å². The number of halogens is 2. The highest BCUT2D eigenvalue weighted by Gasteiger charge is 2.34. The number of hydrogen-bond acceptors (Lipinski definition) is 4. The number of methoxy groups -OCH3 is 1. The molecule has 0 amide bonds. The molecule has 0 saturated heterocycles. The molecule has 0 unspecified atom stereocenters.